The molecule has 1 atom stereocenters. The lowest BCUT2D eigenvalue weighted by molar-refractivity contribution is 0.161. The van der Waals surface area contributed by atoms with E-state index in [2.05, 4.69) is 15.5 Å². The molecule has 3 aromatic rings. The highest BCUT2D eigenvalue weighted by molar-refractivity contribution is 7.08. The van der Waals surface area contributed by atoms with E-state index in [9.17, 15) is 4.79 Å². The van der Waals surface area contributed by atoms with Gasteiger partial charge in [-0.2, -0.15) is 16.3 Å². The van der Waals surface area contributed by atoms with E-state index in [0.717, 1.165) is 37.1 Å². The average Bonchev–Trinajstić information content (AvgIpc) is 3.39. The monoisotopic (exact) mass is 382 g/mol. The van der Waals surface area contributed by atoms with E-state index in [1.54, 1.807) is 11.3 Å². The molecule has 1 N–H and O–H groups in total. The molecule has 4 rings (SSSR count). The molecule has 2 aromatic heterocycles. The lowest BCUT2D eigenvalue weighted by Gasteiger charge is -2.32. The molecule has 6 nitrogen and oxygen atoms in total. The molecule has 140 valence electrons. The van der Waals surface area contributed by atoms with Crippen LogP contribution in [-0.2, 0) is 13.0 Å². The molecule has 2 amide bonds. The standard InChI is InChI=1S/C20H22N4O2S/c25-20(21-12-15-5-2-1-3-6-15)24-9-4-7-16(13-24)11-18-22-19(23-26-18)17-8-10-27-14-17/h1-3,5-6,8,10,14,16H,4,7,9,11-13H2,(H,21,25)/t16-/m0/s1. The van der Waals surface area contributed by atoms with E-state index >= 15 is 0 Å². The largest absolute Gasteiger partial charge is 0.339 e. The molecule has 1 aliphatic rings. The van der Waals surface area contributed by atoms with E-state index in [1.165, 1.54) is 0 Å². The Morgan fingerprint density at radius 1 is 1.30 bits per heavy atom. The first kappa shape index (κ1) is 17.7. The van der Waals surface area contributed by atoms with Gasteiger partial charge in [-0.1, -0.05) is 35.5 Å². The van der Waals surface area contributed by atoms with Gasteiger partial charge >= 0.3 is 6.03 Å². The molecule has 7 heteroatoms. The van der Waals surface area contributed by atoms with Crippen LogP contribution in [0.1, 0.15) is 24.3 Å². The number of amides is 2. The number of thiophene rings is 1. The second-order valence-corrected chi connectivity index (χ2v) is 7.61. The third-order valence-corrected chi connectivity index (χ3v) is 5.49. The highest BCUT2D eigenvalue weighted by atomic mass is 32.1. The molecule has 1 fully saturated rings. The molecule has 3 heterocycles. The summed E-state index contributed by atoms with van der Waals surface area (Å²) in [4.78, 5) is 18.9. The number of carbonyl (C=O) groups is 1. The number of piperidine rings is 1. The number of nitrogens with one attached hydrogen (secondary N) is 1. The second-order valence-electron chi connectivity index (χ2n) is 6.83. The predicted octanol–water partition coefficient (Wildman–Crippen LogP) is 3.96. The molecule has 27 heavy (non-hydrogen) atoms. The van der Waals surface area contributed by atoms with Crippen LogP contribution in [0.4, 0.5) is 4.79 Å². The molecule has 0 unspecified atom stereocenters. The minimum absolute atomic E-state index is 0.00644. The Morgan fingerprint density at radius 3 is 3.00 bits per heavy atom. The fourth-order valence-electron chi connectivity index (χ4n) is 3.40. The first-order valence-corrected chi connectivity index (χ1v) is 10.1. The molecule has 1 aliphatic heterocycles. The maximum Gasteiger partial charge on any atom is 0.317 e. The van der Waals surface area contributed by atoms with E-state index in [4.69, 9.17) is 4.52 Å². The number of rotatable bonds is 5. The van der Waals surface area contributed by atoms with Gasteiger partial charge < -0.3 is 14.7 Å². The summed E-state index contributed by atoms with van der Waals surface area (Å²) in [7, 11) is 0. The van der Waals surface area contributed by atoms with Crippen molar-refractivity contribution in [1.82, 2.24) is 20.4 Å². The van der Waals surface area contributed by atoms with Crippen LogP contribution in [-0.4, -0.2) is 34.2 Å². The highest BCUT2D eigenvalue weighted by Gasteiger charge is 2.25. The maximum atomic E-state index is 12.5. The third kappa shape index (κ3) is 4.54. The van der Waals surface area contributed by atoms with Crippen molar-refractivity contribution in [2.45, 2.75) is 25.8 Å². The van der Waals surface area contributed by atoms with E-state index in [0.29, 0.717) is 30.6 Å². The molecular formula is C20H22N4O2S. The van der Waals surface area contributed by atoms with Crippen LogP contribution in [0.15, 0.2) is 51.7 Å². The van der Waals surface area contributed by atoms with E-state index < -0.39 is 0 Å². The van der Waals surface area contributed by atoms with Gasteiger partial charge in [0.15, 0.2) is 0 Å². The first-order chi connectivity index (χ1) is 13.3. The fourth-order valence-corrected chi connectivity index (χ4v) is 4.03. The smallest absolute Gasteiger partial charge is 0.317 e. The van der Waals surface area contributed by atoms with Crippen LogP contribution in [0.2, 0.25) is 0 Å². The zero-order valence-electron chi connectivity index (χ0n) is 15.0. The van der Waals surface area contributed by atoms with Gasteiger partial charge in [-0.15, -0.1) is 0 Å². The minimum atomic E-state index is -0.00644. The topological polar surface area (TPSA) is 71.3 Å². The summed E-state index contributed by atoms with van der Waals surface area (Å²) in [5, 5.41) is 11.1. The van der Waals surface area contributed by atoms with Crippen molar-refractivity contribution in [3.63, 3.8) is 0 Å². The summed E-state index contributed by atoms with van der Waals surface area (Å²) in [5.41, 5.74) is 2.09. The predicted molar refractivity (Wildman–Crippen MR) is 104 cm³/mol. The van der Waals surface area contributed by atoms with Crippen molar-refractivity contribution >= 4 is 17.4 Å². The molecule has 0 aliphatic carbocycles. The molecular weight excluding hydrogens is 360 g/mol. The van der Waals surface area contributed by atoms with Gasteiger partial charge in [0, 0.05) is 37.0 Å². The second kappa shape index (κ2) is 8.35. The van der Waals surface area contributed by atoms with Gasteiger partial charge in [-0.25, -0.2) is 4.79 Å². The lowest BCUT2D eigenvalue weighted by atomic mass is 9.95. The van der Waals surface area contributed by atoms with Gasteiger partial charge in [0.05, 0.1) is 0 Å². The number of nitrogens with zero attached hydrogens (tertiary/aromatic N) is 3. The molecule has 0 spiro atoms. The first-order valence-electron chi connectivity index (χ1n) is 9.20. The van der Waals surface area contributed by atoms with Crippen molar-refractivity contribution in [1.29, 1.82) is 0 Å². The van der Waals surface area contributed by atoms with Gasteiger partial charge in [0.2, 0.25) is 11.7 Å². The fraction of sp³-hybridized carbons (Fsp3) is 0.350. The highest BCUT2D eigenvalue weighted by Crippen LogP contribution is 2.23. The van der Waals surface area contributed by atoms with Crippen LogP contribution in [0.25, 0.3) is 11.4 Å². The molecule has 1 saturated heterocycles. The summed E-state index contributed by atoms with van der Waals surface area (Å²) in [6.07, 6.45) is 2.77. The Labute approximate surface area is 162 Å². The minimum Gasteiger partial charge on any atom is -0.339 e. The third-order valence-electron chi connectivity index (χ3n) is 4.80. The Bertz CT molecular complexity index is 863. The number of benzene rings is 1. The van der Waals surface area contributed by atoms with Gasteiger partial charge in [0.25, 0.3) is 0 Å². The molecule has 1 aromatic carbocycles. The quantitative estimate of drug-likeness (QED) is 0.725. The van der Waals surface area contributed by atoms with E-state index in [1.807, 2.05) is 52.1 Å². The zero-order chi connectivity index (χ0) is 18.5. The Morgan fingerprint density at radius 2 is 2.19 bits per heavy atom. The van der Waals surface area contributed by atoms with Crippen LogP contribution < -0.4 is 5.32 Å². The average molecular weight is 382 g/mol. The van der Waals surface area contributed by atoms with Crippen molar-refractivity contribution in [2.24, 2.45) is 5.92 Å². The number of carbonyl (C=O) groups excluding carboxylic acids is 1. The van der Waals surface area contributed by atoms with Crippen LogP contribution in [0.3, 0.4) is 0 Å². The lowest BCUT2D eigenvalue weighted by Crippen LogP contribution is -2.45. The van der Waals surface area contributed by atoms with E-state index in [-0.39, 0.29) is 6.03 Å². The van der Waals surface area contributed by atoms with Gasteiger partial charge in [0.1, 0.15) is 0 Å². The van der Waals surface area contributed by atoms with Crippen molar-refractivity contribution in [3.8, 4) is 11.4 Å². The number of urea groups is 1. The Kier molecular flexibility index (Phi) is 5.48. The summed E-state index contributed by atoms with van der Waals surface area (Å²) < 4.78 is 5.42. The van der Waals surface area contributed by atoms with Crippen LogP contribution >= 0.6 is 11.3 Å². The summed E-state index contributed by atoms with van der Waals surface area (Å²) in [6.45, 7) is 2.06. The Balaban J connectivity index is 1.31. The molecule has 0 saturated carbocycles. The number of aromatic nitrogens is 2. The van der Waals surface area contributed by atoms with Gasteiger partial charge in [-0.05, 0) is 35.8 Å². The molecule has 0 radical (unpaired) electrons. The molecule has 0 bridgehead atoms. The number of hydrogen-bond donors (Lipinski definition) is 1. The SMILES string of the molecule is O=C(NCc1ccccc1)N1CCC[C@@H](Cc2nc(-c3ccsc3)no2)C1. The zero-order valence-corrected chi connectivity index (χ0v) is 15.8. The van der Waals surface area contributed by atoms with Gasteiger partial charge in [-0.3, -0.25) is 0 Å². The summed E-state index contributed by atoms with van der Waals surface area (Å²) in [5.74, 6) is 1.63. The summed E-state index contributed by atoms with van der Waals surface area (Å²) in [6, 6.07) is 11.9. The maximum absolute atomic E-state index is 12.5. The van der Waals surface area contributed by atoms with Crippen LogP contribution in [0, 0.1) is 5.92 Å². The van der Waals surface area contributed by atoms with Crippen molar-refractivity contribution < 1.29 is 9.32 Å². The van der Waals surface area contributed by atoms with Crippen LogP contribution in [0.5, 0.6) is 0 Å². The van der Waals surface area contributed by atoms with Crippen molar-refractivity contribution in [3.05, 3.63) is 58.6 Å². The summed E-state index contributed by atoms with van der Waals surface area (Å²) >= 11 is 1.61. The van der Waals surface area contributed by atoms with Crippen molar-refractivity contribution in [2.75, 3.05) is 13.1 Å². The Hall–Kier alpha value is -2.67. The number of likely N-dealkylation sites (tertiary alicyclic amines) is 1. The normalized spacial score (nSPS) is 17.0. The number of hydrogen-bond acceptors (Lipinski definition) is 5.